The van der Waals surface area contributed by atoms with Crippen LogP contribution in [-0.4, -0.2) is 63.7 Å². The molecule has 0 atom stereocenters. The van der Waals surface area contributed by atoms with Gasteiger partial charge in [-0.15, -0.1) is 0 Å². The number of hydrogen-bond donors (Lipinski definition) is 0. The van der Waals surface area contributed by atoms with Gasteiger partial charge in [0.2, 0.25) is 5.88 Å². The zero-order valence-electron chi connectivity index (χ0n) is 19.3. The highest BCUT2D eigenvalue weighted by Gasteiger charge is 2.24. The quantitative estimate of drug-likeness (QED) is 0.409. The van der Waals surface area contributed by atoms with Crippen LogP contribution in [0.25, 0.3) is 16.7 Å². The Labute approximate surface area is 197 Å². The summed E-state index contributed by atoms with van der Waals surface area (Å²) >= 11 is 0. The number of fused-ring (bicyclic) bond motifs is 1. The number of ether oxygens (including phenoxy) is 1. The minimum atomic E-state index is -3.26. The summed E-state index contributed by atoms with van der Waals surface area (Å²) in [6.45, 7) is 6.58. The van der Waals surface area contributed by atoms with E-state index in [2.05, 4.69) is 25.1 Å². The number of likely N-dealkylation sites (tertiary alicyclic amines) is 1. The van der Waals surface area contributed by atoms with Crippen LogP contribution in [0, 0.1) is 13.8 Å². The summed E-state index contributed by atoms with van der Waals surface area (Å²) in [5, 5.41) is 9.20. The molecule has 1 aromatic carbocycles. The summed E-state index contributed by atoms with van der Waals surface area (Å²) in [6, 6.07) is 6.54. The number of benzene rings is 1. The van der Waals surface area contributed by atoms with Gasteiger partial charge in [-0.1, -0.05) is 5.16 Å². The lowest BCUT2D eigenvalue weighted by molar-refractivity contribution is 0.0941. The minimum Gasteiger partial charge on any atom is -0.474 e. The molecule has 0 amide bonds. The summed E-state index contributed by atoms with van der Waals surface area (Å²) in [5.41, 5.74) is 3.42. The maximum absolute atomic E-state index is 11.7. The molecule has 0 N–H and O–H groups in total. The molecule has 1 fully saturated rings. The zero-order valence-corrected chi connectivity index (χ0v) is 20.1. The fourth-order valence-electron chi connectivity index (χ4n) is 4.23. The highest BCUT2D eigenvalue weighted by Crippen LogP contribution is 2.27. The molecule has 178 valence electrons. The van der Waals surface area contributed by atoms with Crippen molar-refractivity contribution in [2.75, 3.05) is 19.3 Å². The zero-order chi connectivity index (χ0) is 23.9. The van der Waals surface area contributed by atoms with Gasteiger partial charge in [0.05, 0.1) is 22.5 Å². The molecule has 34 heavy (non-hydrogen) atoms. The number of aryl methyl sites for hydroxylation is 2. The third-order valence-corrected chi connectivity index (χ3v) is 7.34. The number of aromatic nitrogens is 5. The van der Waals surface area contributed by atoms with Crippen LogP contribution in [0.1, 0.15) is 29.9 Å². The molecule has 0 saturated carbocycles. The van der Waals surface area contributed by atoms with Gasteiger partial charge in [-0.25, -0.2) is 23.1 Å². The molecule has 0 unspecified atom stereocenters. The molecule has 4 aromatic rings. The fourth-order valence-corrected chi connectivity index (χ4v) is 4.86. The monoisotopic (exact) mass is 482 g/mol. The molecule has 11 heteroatoms. The maximum Gasteiger partial charge on any atom is 0.228 e. The van der Waals surface area contributed by atoms with Crippen molar-refractivity contribution >= 4 is 20.9 Å². The first-order valence-corrected chi connectivity index (χ1v) is 13.0. The molecule has 0 aliphatic carbocycles. The van der Waals surface area contributed by atoms with Crippen molar-refractivity contribution < 1.29 is 17.7 Å². The van der Waals surface area contributed by atoms with Crippen LogP contribution < -0.4 is 4.74 Å². The van der Waals surface area contributed by atoms with Gasteiger partial charge >= 0.3 is 0 Å². The van der Waals surface area contributed by atoms with E-state index in [0.29, 0.717) is 22.6 Å². The highest BCUT2D eigenvalue weighted by molar-refractivity contribution is 7.90. The van der Waals surface area contributed by atoms with E-state index in [-0.39, 0.29) is 11.0 Å². The van der Waals surface area contributed by atoms with Gasteiger partial charge in [0.25, 0.3) is 0 Å². The van der Waals surface area contributed by atoms with Crippen LogP contribution in [0.15, 0.2) is 46.2 Å². The first kappa shape index (κ1) is 22.5. The topological polar surface area (TPSA) is 116 Å². The lowest BCUT2D eigenvalue weighted by Gasteiger charge is -2.31. The molecule has 5 rings (SSSR count). The fraction of sp³-hybridized carbons (Fsp3) is 0.391. The van der Waals surface area contributed by atoms with Crippen molar-refractivity contribution in [3.8, 4) is 11.6 Å². The molecule has 1 saturated heterocycles. The molecule has 0 spiro atoms. The normalized spacial score (nSPS) is 15.7. The van der Waals surface area contributed by atoms with Crippen LogP contribution in [0.4, 0.5) is 0 Å². The number of sulfone groups is 1. The number of nitrogens with zero attached hydrogens (tertiary/aromatic N) is 6. The average Bonchev–Trinajstić information content (AvgIpc) is 3.39. The van der Waals surface area contributed by atoms with Crippen LogP contribution in [0.5, 0.6) is 5.88 Å². The minimum absolute atomic E-state index is 0.0522. The van der Waals surface area contributed by atoms with Gasteiger partial charge in [-0.05, 0) is 51.0 Å². The van der Waals surface area contributed by atoms with Crippen molar-refractivity contribution in [1.29, 1.82) is 0 Å². The molecule has 10 nitrogen and oxygen atoms in total. The predicted octanol–water partition coefficient (Wildman–Crippen LogP) is 2.87. The third kappa shape index (κ3) is 4.40. The molecule has 1 aliphatic rings. The van der Waals surface area contributed by atoms with E-state index in [1.54, 1.807) is 35.1 Å². The summed E-state index contributed by atoms with van der Waals surface area (Å²) in [7, 11) is -3.26. The van der Waals surface area contributed by atoms with Gasteiger partial charge < -0.3 is 9.26 Å². The van der Waals surface area contributed by atoms with E-state index in [0.717, 1.165) is 49.5 Å². The van der Waals surface area contributed by atoms with Gasteiger partial charge in [0, 0.05) is 31.5 Å². The van der Waals surface area contributed by atoms with E-state index >= 15 is 0 Å². The van der Waals surface area contributed by atoms with E-state index in [1.165, 1.54) is 12.6 Å². The smallest absolute Gasteiger partial charge is 0.228 e. The molecule has 0 bridgehead atoms. The second kappa shape index (κ2) is 8.80. The van der Waals surface area contributed by atoms with Gasteiger partial charge in [0.1, 0.15) is 23.6 Å². The van der Waals surface area contributed by atoms with E-state index in [9.17, 15) is 8.42 Å². The molecule has 3 aromatic heterocycles. The van der Waals surface area contributed by atoms with Crippen LogP contribution in [0.3, 0.4) is 0 Å². The molecular weight excluding hydrogens is 456 g/mol. The summed E-state index contributed by atoms with van der Waals surface area (Å²) < 4.78 is 36.7. The third-order valence-electron chi connectivity index (χ3n) is 6.21. The Morgan fingerprint density at radius 1 is 1.12 bits per heavy atom. The maximum atomic E-state index is 11.7. The Balaban J connectivity index is 1.29. The van der Waals surface area contributed by atoms with Crippen LogP contribution >= 0.6 is 0 Å². The predicted molar refractivity (Wildman–Crippen MR) is 125 cm³/mol. The summed E-state index contributed by atoms with van der Waals surface area (Å²) in [5.74, 6) is 1.38. The number of hydrogen-bond acceptors (Lipinski definition) is 9. The second-order valence-electron chi connectivity index (χ2n) is 8.63. The Morgan fingerprint density at radius 3 is 2.50 bits per heavy atom. The first-order chi connectivity index (χ1) is 16.3. The molecule has 4 heterocycles. The van der Waals surface area contributed by atoms with Crippen molar-refractivity contribution in [3.05, 3.63) is 53.8 Å². The van der Waals surface area contributed by atoms with Gasteiger partial charge in [0.15, 0.2) is 15.5 Å². The molecule has 0 radical (unpaired) electrons. The van der Waals surface area contributed by atoms with Gasteiger partial charge in [-0.3, -0.25) is 4.90 Å². The van der Waals surface area contributed by atoms with Crippen molar-refractivity contribution in [1.82, 2.24) is 29.8 Å². The number of rotatable bonds is 6. The van der Waals surface area contributed by atoms with Crippen molar-refractivity contribution in [2.24, 2.45) is 0 Å². The van der Waals surface area contributed by atoms with Crippen LogP contribution in [0.2, 0.25) is 0 Å². The highest BCUT2D eigenvalue weighted by atomic mass is 32.2. The standard InChI is InChI=1S/C23H26N6O4S/c1-15-21(16(2)33-27-15)13-28-10-8-18(9-11-28)32-23-20-12-26-29(22(20)24-14-25-23)17-4-6-19(7-5-17)34(3,30)31/h4-7,12,14,18H,8-11,13H2,1-3H3. The Morgan fingerprint density at radius 2 is 1.85 bits per heavy atom. The largest absolute Gasteiger partial charge is 0.474 e. The van der Waals surface area contributed by atoms with Gasteiger partial charge in [-0.2, -0.15) is 5.10 Å². The first-order valence-electron chi connectivity index (χ1n) is 11.1. The molecular formula is C23H26N6O4S. The Kier molecular flexibility index (Phi) is 5.82. The van der Waals surface area contributed by atoms with E-state index < -0.39 is 9.84 Å². The van der Waals surface area contributed by atoms with E-state index in [4.69, 9.17) is 9.26 Å². The summed E-state index contributed by atoms with van der Waals surface area (Å²) in [6.07, 6.45) is 6.15. The van der Waals surface area contributed by atoms with Crippen molar-refractivity contribution in [2.45, 2.75) is 44.2 Å². The van der Waals surface area contributed by atoms with Crippen LogP contribution in [-0.2, 0) is 16.4 Å². The lowest BCUT2D eigenvalue weighted by Crippen LogP contribution is -2.38. The average molecular weight is 483 g/mol. The van der Waals surface area contributed by atoms with E-state index in [1.807, 2.05) is 13.8 Å². The van der Waals surface area contributed by atoms with Crippen molar-refractivity contribution in [3.63, 3.8) is 0 Å². The lowest BCUT2D eigenvalue weighted by atomic mass is 10.1. The Bertz CT molecular complexity index is 1400. The summed E-state index contributed by atoms with van der Waals surface area (Å²) in [4.78, 5) is 11.4. The SMILES string of the molecule is Cc1noc(C)c1CN1CCC(Oc2ncnc3c2cnn3-c2ccc(S(C)(=O)=O)cc2)CC1. The second-order valence-corrected chi connectivity index (χ2v) is 10.7. The molecule has 1 aliphatic heterocycles. The number of piperidine rings is 1. The Hall–Kier alpha value is -3.31.